The van der Waals surface area contributed by atoms with E-state index in [0.29, 0.717) is 18.7 Å². The zero-order valence-electron chi connectivity index (χ0n) is 14.4. The van der Waals surface area contributed by atoms with Gasteiger partial charge in [0.1, 0.15) is 0 Å². The first kappa shape index (κ1) is 15.9. The first-order valence-corrected chi connectivity index (χ1v) is 8.78. The highest BCUT2D eigenvalue weighted by Gasteiger charge is 2.21. The number of pyridine rings is 1. The van der Waals surface area contributed by atoms with Gasteiger partial charge in [0.2, 0.25) is 12.7 Å². The number of hydroxylamine groups is 1. The molecule has 0 aliphatic carbocycles. The predicted octanol–water partition coefficient (Wildman–Crippen LogP) is 3.36. The third kappa shape index (κ3) is 2.47. The van der Waals surface area contributed by atoms with Crippen molar-refractivity contribution in [2.75, 3.05) is 6.79 Å². The summed E-state index contributed by atoms with van der Waals surface area (Å²) in [7, 11) is 0. The standard InChI is InChI=1S/C20H17N3O4/c24-18(22-25)6-3-7-23-15-9-17-16(26-11-27-17)8-14(15)19-20(23)13-5-2-1-4-12(13)10-21-19/h1-2,4-5,8-10,25H,3,6-7,11H2,(H,22,24). The van der Waals surface area contributed by atoms with Crippen LogP contribution in [0, 0.1) is 0 Å². The lowest BCUT2D eigenvalue weighted by Gasteiger charge is -2.09. The summed E-state index contributed by atoms with van der Waals surface area (Å²) in [5.74, 6) is 1.04. The molecule has 2 N–H and O–H groups in total. The molecule has 7 nitrogen and oxygen atoms in total. The number of benzene rings is 2. The number of hydrogen-bond donors (Lipinski definition) is 2. The number of fused-ring (bicyclic) bond motifs is 6. The molecule has 2 aromatic carbocycles. The van der Waals surface area contributed by atoms with E-state index in [2.05, 4.69) is 10.6 Å². The highest BCUT2D eigenvalue weighted by Crippen LogP contribution is 2.41. The summed E-state index contributed by atoms with van der Waals surface area (Å²) >= 11 is 0. The molecule has 4 aromatic rings. The normalized spacial score (nSPS) is 12.9. The highest BCUT2D eigenvalue weighted by molar-refractivity contribution is 6.16. The van der Waals surface area contributed by atoms with Gasteiger partial charge in [0.05, 0.1) is 16.6 Å². The maximum atomic E-state index is 11.4. The van der Waals surface area contributed by atoms with Crippen LogP contribution >= 0.6 is 0 Å². The van der Waals surface area contributed by atoms with E-state index in [1.807, 2.05) is 36.5 Å². The number of nitrogens with one attached hydrogen (secondary N) is 1. The van der Waals surface area contributed by atoms with E-state index in [1.54, 1.807) is 5.48 Å². The summed E-state index contributed by atoms with van der Waals surface area (Å²) in [4.78, 5) is 16.1. The number of aryl methyl sites for hydroxylation is 1. The van der Waals surface area contributed by atoms with Gasteiger partial charge in [-0.2, -0.15) is 0 Å². The summed E-state index contributed by atoms with van der Waals surface area (Å²) in [6, 6.07) is 12.1. The number of amides is 1. The van der Waals surface area contributed by atoms with Gasteiger partial charge >= 0.3 is 0 Å². The number of carbonyl (C=O) groups excluding carboxylic acids is 1. The van der Waals surface area contributed by atoms with Crippen LogP contribution in [0.1, 0.15) is 12.8 Å². The predicted molar refractivity (Wildman–Crippen MR) is 100 cm³/mol. The smallest absolute Gasteiger partial charge is 0.243 e. The Kier molecular flexibility index (Phi) is 3.61. The van der Waals surface area contributed by atoms with Gasteiger partial charge in [-0.05, 0) is 12.5 Å². The van der Waals surface area contributed by atoms with Crippen LogP contribution in [0.5, 0.6) is 11.5 Å². The molecule has 0 unspecified atom stereocenters. The molecule has 0 saturated heterocycles. The maximum Gasteiger partial charge on any atom is 0.243 e. The first-order chi connectivity index (χ1) is 13.3. The Morgan fingerprint density at radius 3 is 2.85 bits per heavy atom. The molecule has 0 radical (unpaired) electrons. The fraction of sp³-hybridized carbons (Fsp3) is 0.200. The fourth-order valence-electron chi connectivity index (χ4n) is 3.77. The third-order valence-corrected chi connectivity index (χ3v) is 4.99. The first-order valence-electron chi connectivity index (χ1n) is 8.78. The Labute approximate surface area is 154 Å². The summed E-state index contributed by atoms with van der Waals surface area (Å²) in [5.41, 5.74) is 4.60. The van der Waals surface area contributed by atoms with Gasteiger partial charge in [0, 0.05) is 41.4 Å². The molecular formula is C20H17N3O4. The van der Waals surface area contributed by atoms with Crippen LogP contribution < -0.4 is 15.0 Å². The van der Waals surface area contributed by atoms with Gasteiger partial charge in [-0.15, -0.1) is 0 Å². The van der Waals surface area contributed by atoms with Crippen molar-refractivity contribution < 1.29 is 19.5 Å². The third-order valence-electron chi connectivity index (χ3n) is 4.99. The van der Waals surface area contributed by atoms with Crippen molar-refractivity contribution in [1.29, 1.82) is 0 Å². The molecule has 0 spiro atoms. The molecule has 1 aliphatic heterocycles. The van der Waals surface area contributed by atoms with E-state index in [9.17, 15) is 4.79 Å². The molecule has 27 heavy (non-hydrogen) atoms. The Morgan fingerprint density at radius 1 is 1.19 bits per heavy atom. The number of hydrogen-bond acceptors (Lipinski definition) is 5. The van der Waals surface area contributed by atoms with Crippen molar-refractivity contribution in [3.8, 4) is 11.5 Å². The number of carbonyl (C=O) groups is 1. The largest absolute Gasteiger partial charge is 0.454 e. The van der Waals surface area contributed by atoms with E-state index in [0.717, 1.165) is 38.5 Å². The average molecular weight is 363 g/mol. The van der Waals surface area contributed by atoms with Crippen LogP contribution in [0.15, 0.2) is 42.6 Å². The number of nitrogens with zero attached hydrogens (tertiary/aromatic N) is 2. The zero-order chi connectivity index (χ0) is 18.4. The number of rotatable bonds is 4. The molecule has 3 heterocycles. The lowest BCUT2D eigenvalue weighted by molar-refractivity contribution is -0.129. The minimum absolute atomic E-state index is 0.215. The van der Waals surface area contributed by atoms with Crippen molar-refractivity contribution in [1.82, 2.24) is 15.0 Å². The molecule has 0 bridgehead atoms. The zero-order valence-corrected chi connectivity index (χ0v) is 14.4. The van der Waals surface area contributed by atoms with E-state index in [4.69, 9.17) is 19.7 Å². The molecule has 5 rings (SSSR count). The summed E-state index contributed by atoms with van der Waals surface area (Å²) in [6.07, 6.45) is 2.70. The van der Waals surface area contributed by atoms with Gasteiger partial charge in [-0.1, -0.05) is 24.3 Å². The van der Waals surface area contributed by atoms with Gasteiger partial charge < -0.3 is 14.0 Å². The van der Waals surface area contributed by atoms with Crippen molar-refractivity contribution in [3.05, 3.63) is 42.6 Å². The Morgan fingerprint density at radius 2 is 2.00 bits per heavy atom. The fourth-order valence-corrected chi connectivity index (χ4v) is 3.77. The van der Waals surface area contributed by atoms with Gasteiger partial charge in [-0.25, -0.2) is 5.48 Å². The molecule has 0 saturated carbocycles. The van der Waals surface area contributed by atoms with Crippen LogP contribution in [0.3, 0.4) is 0 Å². The van der Waals surface area contributed by atoms with Crippen LogP contribution in [0.2, 0.25) is 0 Å². The molecule has 1 amide bonds. The van der Waals surface area contributed by atoms with E-state index >= 15 is 0 Å². The minimum Gasteiger partial charge on any atom is -0.454 e. The van der Waals surface area contributed by atoms with Crippen LogP contribution in [0.4, 0.5) is 0 Å². The van der Waals surface area contributed by atoms with Gasteiger partial charge in [0.25, 0.3) is 0 Å². The summed E-state index contributed by atoms with van der Waals surface area (Å²) in [6.45, 7) is 0.829. The molecular weight excluding hydrogens is 346 g/mol. The minimum atomic E-state index is -0.392. The Hall–Kier alpha value is -3.32. The quantitative estimate of drug-likeness (QED) is 0.429. The molecule has 0 atom stereocenters. The molecule has 7 heteroatoms. The lowest BCUT2D eigenvalue weighted by atomic mass is 10.1. The summed E-state index contributed by atoms with van der Waals surface area (Å²) in [5, 5.41) is 11.9. The van der Waals surface area contributed by atoms with Crippen molar-refractivity contribution >= 4 is 38.6 Å². The van der Waals surface area contributed by atoms with Crippen molar-refractivity contribution in [3.63, 3.8) is 0 Å². The average Bonchev–Trinajstić information content (AvgIpc) is 3.28. The van der Waals surface area contributed by atoms with Crippen molar-refractivity contribution in [2.24, 2.45) is 0 Å². The SMILES string of the molecule is O=C(CCCn1c2cc3c(cc2c2ncc4ccccc4c21)OCO3)NO. The lowest BCUT2D eigenvalue weighted by Crippen LogP contribution is -2.18. The van der Waals surface area contributed by atoms with E-state index in [1.165, 1.54) is 0 Å². The second kappa shape index (κ2) is 6.14. The van der Waals surface area contributed by atoms with Crippen LogP contribution in [0.25, 0.3) is 32.7 Å². The van der Waals surface area contributed by atoms with E-state index in [-0.39, 0.29) is 13.2 Å². The van der Waals surface area contributed by atoms with Gasteiger partial charge in [0.15, 0.2) is 11.5 Å². The second-order valence-corrected chi connectivity index (χ2v) is 6.56. The Bertz CT molecular complexity index is 1200. The summed E-state index contributed by atoms with van der Waals surface area (Å²) < 4.78 is 13.3. The van der Waals surface area contributed by atoms with E-state index < -0.39 is 5.91 Å². The molecule has 136 valence electrons. The number of aromatic nitrogens is 2. The number of ether oxygens (including phenoxy) is 2. The van der Waals surface area contributed by atoms with Crippen LogP contribution in [-0.2, 0) is 11.3 Å². The van der Waals surface area contributed by atoms with Gasteiger partial charge in [-0.3, -0.25) is 15.0 Å². The second-order valence-electron chi connectivity index (χ2n) is 6.56. The topological polar surface area (TPSA) is 85.6 Å². The highest BCUT2D eigenvalue weighted by atomic mass is 16.7. The monoisotopic (exact) mass is 363 g/mol. The Balaban J connectivity index is 1.76. The molecule has 1 aliphatic rings. The van der Waals surface area contributed by atoms with Crippen molar-refractivity contribution in [2.45, 2.75) is 19.4 Å². The molecule has 2 aromatic heterocycles. The maximum absolute atomic E-state index is 11.4. The van der Waals surface area contributed by atoms with Crippen LogP contribution in [-0.4, -0.2) is 27.5 Å². The molecule has 0 fully saturated rings.